The molecular formula is C22H26N2O3. The molecule has 0 radical (unpaired) electrons. The van der Waals surface area contributed by atoms with Crippen molar-refractivity contribution in [2.45, 2.75) is 32.6 Å². The normalized spacial score (nSPS) is 13.4. The van der Waals surface area contributed by atoms with Gasteiger partial charge in [-0.25, -0.2) is 0 Å². The second-order valence-electron chi connectivity index (χ2n) is 6.81. The number of nitrogens with zero attached hydrogens (tertiary/aromatic N) is 1. The topological polar surface area (TPSA) is 58.6 Å². The summed E-state index contributed by atoms with van der Waals surface area (Å²) in [4.78, 5) is 27.0. The summed E-state index contributed by atoms with van der Waals surface area (Å²) < 4.78 is 5.62. The molecule has 27 heavy (non-hydrogen) atoms. The highest BCUT2D eigenvalue weighted by molar-refractivity contribution is 6.04. The molecule has 5 nitrogen and oxygen atoms in total. The number of carbonyl (C=O) groups is 2. The first-order chi connectivity index (χ1) is 13.1. The van der Waals surface area contributed by atoms with Crippen LogP contribution >= 0.6 is 0 Å². The maximum atomic E-state index is 12.8. The van der Waals surface area contributed by atoms with E-state index in [1.54, 1.807) is 6.07 Å². The highest BCUT2D eigenvalue weighted by Gasteiger charge is 2.23. The Balaban J connectivity index is 1.56. The minimum absolute atomic E-state index is 0.00101. The summed E-state index contributed by atoms with van der Waals surface area (Å²) in [6.07, 6.45) is 3.04. The van der Waals surface area contributed by atoms with Crippen molar-refractivity contribution >= 4 is 17.5 Å². The highest BCUT2D eigenvalue weighted by Crippen LogP contribution is 2.24. The molecule has 0 bridgehead atoms. The van der Waals surface area contributed by atoms with Crippen LogP contribution in [0.2, 0.25) is 0 Å². The average molecular weight is 366 g/mol. The summed E-state index contributed by atoms with van der Waals surface area (Å²) in [5, 5.41) is 2.94. The molecule has 5 heteroatoms. The molecule has 0 saturated carbocycles. The van der Waals surface area contributed by atoms with Crippen molar-refractivity contribution in [2.75, 3.05) is 25.0 Å². The average Bonchev–Trinajstić information content (AvgIpc) is 3.22. The highest BCUT2D eigenvalue weighted by atomic mass is 16.5. The SMILES string of the molecule is Cc1cccc(C(=O)N2CCCC2)c1NC(=O)CCCOc1ccccc1. The van der Waals surface area contributed by atoms with Crippen molar-refractivity contribution in [1.82, 2.24) is 4.90 Å². The molecule has 0 spiro atoms. The second-order valence-corrected chi connectivity index (χ2v) is 6.81. The predicted molar refractivity (Wildman–Crippen MR) is 106 cm³/mol. The third kappa shape index (κ3) is 5.09. The van der Waals surface area contributed by atoms with E-state index >= 15 is 0 Å². The van der Waals surface area contributed by atoms with Gasteiger partial charge in [0, 0.05) is 19.5 Å². The molecule has 3 rings (SSSR count). The predicted octanol–water partition coefficient (Wildman–Crippen LogP) is 4.03. The first kappa shape index (κ1) is 19.0. The number of anilines is 1. The quantitative estimate of drug-likeness (QED) is 0.753. The number of hydrogen-bond donors (Lipinski definition) is 1. The summed E-state index contributed by atoms with van der Waals surface area (Å²) in [6, 6.07) is 15.1. The summed E-state index contributed by atoms with van der Waals surface area (Å²) in [5.41, 5.74) is 2.10. The van der Waals surface area contributed by atoms with Gasteiger partial charge in [0.15, 0.2) is 0 Å². The molecule has 1 fully saturated rings. The van der Waals surface area contributed by atoms with Crippen molar-refractivity contribution in [3.05, 3.63) is 59.7 Å². The second kappa shape index (κ2) is 9.21. The van der Waals surface area contributed by atoms with E-state index < -0.39 is 0 Å². The zero-order chi connectivity index (χ0) is 19.1. The summed E-state index contributed by atoms with van der Waals surface area (Å²) >= 11 is 0. The Labute approximate surface area is 160 Å². The minimum atomic E-state index is -0.101. The molecule has 0 unspecified atom stereocenters. The van der Waals surface area contributed by atoms with Crippen molar-refractivity contribution < 1.29 is 14.3 Å². The van der Waals surface area contributed by atoms with E-state index in [4.69, 9.17) is 4.74 Å². The first-order valence-electron chi connectivity index (χ1n) is 9.52. The number of aryl methyl sites for hydroxylation is 1. The number of benzene rings is 2. The van der Waals surface area contributed by atoms with Gasteiger partial charge in [0.2, 0.25) is 5.91 Å². The van der Waals surface area contributed by atoms with Crippen LogP contribution in [0.3, 0.4) is 0 Å². The van der Waals surface area contributed by atoms with Gasteiger partial charge in [0.1, 0.15) is 5.75 Å². The van der Waals surface area contributed by atoms with Crippen LogP contribution in [0.1, 0.15) is 41.6 Å². The van der Waals surface area contributed by atoms with Gasteiger partial charge in [-0.3, -0.25) is 9.59 Å². The third-order valence-electron chi connectivity index (χ3n) is 4.72. The molecule has 1 saturated heterocycles. The molecule has 0 aliphatic carbocycles. The molecule has 1 heterocycles. The van der Waals surface area contributed by atoms with Crippen LogP contribution in [0.5, 0.6) is 5.75 Å². The van der Waals surface area contributed by atoms with E-state index in [-0.39, 0.29) is 11.8 Å². The van der Waals surface area contributed by atoms with Gasteiger partial charge < -0.3 is 15.0 Å². The van der Waals surface area contributed by atoms with Crippen LogP contribution in [0.4, 0.5) is 5.69 Å². The molecule has 0 atom stereocenters. The van der Waals surface area contributed by atoms with Crippen LogP contribution in [-0.4, -0.2) is 36.4 Å². The largest absolute Gasteiger partial charge is 0.494 e. The van der Waals surface area contributed by atoms with E-state index in [0.29, 0.717) is 30.7 Å². The van der Waals surface area contributed by atoms with Gasteiger partial charge in [-0.1, -0.05) is 30.3 Å². The number of ether oxygens (including phenoxy) is 1. The van der Waals surface area contributed by atoms with Crippen molar-refractivity contribution in [1.29, 1.82) is 0 Å². The number of rotatable bonds is 7. The van der Waals surface area contributed by atoms with Gasteiger partial charge in [-0.15, -0.1) is 0 Å². The number of para-hydroxylation sites is 2. The summed E-state index contributed by atoms with van der Waals surface area (Å²) in [6.45, 7) is 3.97. The molecule has 2 amide bonds. The molecule has 0 aromatic heterocycles. The first-order valence-corrected chi connectivity index (χ1v) is 9.52. The van der Waals surface area contributed by atoms with E-state index in [0.717, 1.165) is 37.2 Å². The Bertz CT molecular complexity index is 783. The molecule has 2 aromatic carbocycles. The minimum Gasteiger partial charge on any atom is -0.494 e. The van der Waals surface area contributed by atoms with E-state index in [1.807, 2.05) is 54.3 Å². The van der Waals surface area contributed by atoms with Gasteiger partial charge in [-0.05, 0) is 49.9 Å². The van der Waals surface area contributed by atoms with E-state index in [9.17, 15) is 9.59 Å². The van der Waals surface area contributed by atoms with Gasteiger partial charge in [-0.2, -0.15) is 0 Å². The zero-order valence-electron chi connectivity index (χ0n) is 15.7. The Morgan fingerprint density at radius 1 is 1.04 bits per heavy atom. The molecule has 2 aromatic rings. The van der Waals surface area contributed by atoms with Gasteiger partial charge in [0.05, 0.1) is 17.9 Å². The molecular weight excluding hydrogens is 340 g/mol. The number of amides is 2. The van der Waals surface area contributed by atoms with Crippen molar-refractivity contribution in [3.63, 3.8) is 0 Å². The number of likely N-dealkylation sites (tertiary alicyclic amines) is 1. The van der Waals surface area contributed by atoms with Crippen molar-refractivity contribution in [2.24, 2.45) is 0 Å². The van der Waals surface area contributed by atoms with Crippen molar-refractivity contribution in [3.8, 4) is 5.75 Å². The summed E-state index contributed by atoms with van der Waals surface area (Å²) in [7, 11) is 0. The molecule has 1 aliphatic heterocycles. The lowest BCUT2D eigenvalue weighted by molar-refractivity contribution is -0.116. The Morgan fingerprint density at radius 3 is 2.52 bits per heavy atom. The lowest BCUT2D eigenvalue weighted by Crippen LogP contribution is -2.29. The maximum absolute atomic E-state index is 12.8. The number of carbonyl (C=O) groups excluding carboxylic acids is 2. The number of nitrogens with one attached hydrogen (secondary N) is 1. The number of hydrogen-bond acceptors (Lipinski definition) is 3. The van der Waals surface area contributed by atoms with E-state index in [1.165, 1.54) is 0 Å². The lowest BCUT2D eigenvalue weighted by atomic mass is 10.1. The Morgan fingerprint density at radius 2 is 1.78 bits per heavy atom. The standard InChI is InChI=1S/C22H26N2O3/c1-17-9-7-12-19(22(26)24-14-5-6-15-24)21(17)23-20(25)13-8-16-27-18-10-3-2-4-11-18/h2-4,7,9-12H,5-6,8,13-16H2,1H3,(H,23,25). The Kier molecular flexibility index (Phi) is 6.47. The third-order valence-corrected chi connectivity index (χ3v) is 4.72. The molecule has 1 aliphatic rings. The van der Waals surface area contributed by atoms with Crippen LogP contribution in [-0.2, 0) is 4.79 Å². The maximum Gasteiger partial charge on any atom is 0.255 e. The fraction of sp³-hybridized carbons (Fsp3) is 0.364. The molecule has 142 valence electrons. The lowest BCUT2D eigenvalue weighted by Gasteiger charge is -2.19. The molecule has 1 N–H and O–H groups in total. The monoisotopic (exact) mass is 366 g/mol. The fourth-order valence-electron chi connectivity index (χ4n) is 3.24. The van der Waals surface area contributed by atoms with E-state index in [2.05, 4.69) is 5.32 Å². The smallest absolute Gasteiger partial charge is 0.255 e. The van der Waals surface area contributed by atoms with Crippen LogP contribution < -0.4 is 10.1 Å². The summed E-state index contributed by atoms with van der Waals surface area (Å²) in [5.74, 6) is 0.700. The van der Waals surface area contributed by atoms with Gasteiger partial charge >= 0.3 is 0 Å². The zero-order valence-corrected chi connectivity index (χ0v) is 15.7. The fourth-order valence-corrected chi connectivity index (χ4v) is 3.24. The van der Waals surface area contributed by atoms with Crippen LogP contribution in [0.15, 0.2) is 48.5 Å². The van der Waals surface area contributed by atoms with Crippen LogP contribution in [0.25, 0.3) is 0 Å². The van der Waals surface area contributed by atoms with Crippen LogP contribution in [0, 0.1) is 6.92 Å². The Hall–Kier alpha value is -2.82. The van der Waals surface area contributed by atoms with Gasteiger partial charge in [0.25, 0.3) is 5.91 Å².